The third-order valence-corrected chi connectivity index (χ3v) is 5.81. The van der Waals surface area contributed by atoms with Crippen LogP contribution < -0.4 is 4.74 Å². The Labute approximate surface area is 177 Å². The predicted octanol–water partition coefficient (Wildman–Crippen LogP) is 3.83. The summed E-state index contributed by atoms with van der Waals surface area (Å²) in [6.07, 6.45) is 1.83. The minimum Gasteiger partial charge on any atom is -0.496 e. The van der Waals surface area contributed by atoms with E-state index < -0.39 is 0 Å². The minimum absolute atomic E-state index is 0.0116. The summed E-state index contributed by atoms with van der Waals surface area (Å²) in [5.74, 6) is 0.671. The van der Waals surface area contributed by atoms with Gasteiger partial charge in [-0.25, -0.2) is 4.98 Å². The number of fused-ring (bicyclic) bond motifs is 1. The fourth-order valence-corrected chi connectivity index (χ4v) is 4.21. The van der Waals surface area contributed by atoms with Gasteiger partial charge in [-0.3, -0.25) is 9.69 Å². The van der Waals surface area contributed by atoms with Crippen LogP contribution in [0.5, 0.6) is 5.75 Å². The molecule has 0 radical (unpaired) electrons. The van der Waals surface area contributed by atoms with Crippen LogP contribution in [-0.4, -0.2) is 59.0 Å². The van der Waals surface area contributed by atoms with Crippen LogP contribution in [0.4, 0.5) is 0 Å². The molecule has 4 rings (SSSR count). The standard InChI is InChI=1S/C24H30N4O2/c1-24(2,3)21-19(17-9-7-11-25-22(17)26-21)16-27-12-14-28(15-13-27)23(29)18-8-5-6-10-20(18)30-4/h5-11H,12-16H2,1-4H3,(H,25,26). The first-order chi connectivity index (χ1) is 14.4. The van der Waals surface area contributed by atoms with Gasteiger partial charge < -0.3 is 14.6 Å². The Morgan fingerprint density at radius 1 is 1.10 bits per heavy atom. The van der Waals surface area contributed by atoms with E-state index in [0.29, 0.717) is 24.4 Å². The van der Waals surface area contributed by atoms with Crippen LogP contribution in [0.15, 0.2) is 42.6 Å². The summed E-state index contributed by atoms with van der Waals surface area (Å²) >= 11 is 0. The number of nitrogens with one attached hydrogen (secondary N) is 1. The fourth-order valence-electron chi connectivity index (χ4n) is 4.21. The van der Waals surface area contributed by atoms with E-state index in [-0.39, 0.29) is 11.3 Å². The van der Waals surface area contributed by atoms with E-state index in [2.05, 4.69) is 41.7 Å². The Kier molecular flexibility index (Phi) is 5.52. The highest BCUT2D eigenvalue weighted by molar-refractivity contribution is 5.97. The molecule has 1 fully saturated rings. The van der Waals surface area contributed by atoms with Crippen molar-refractivity contribution in [3.8, 4) is 5.75 Å². The summed E-state index contributed by atoms with van der Waals surface area (Å²) in [5.41, 5.74) is 4.14. The third kappa shape index (κ3) is 3.92. The van der Waals surface area contributed by atoms with Gasteiger partial charge in [0.1, 0.15) is 11.4 Å². The summed E-state index contributed by atoms with van der Waals surface area (Å²) < 4.78 is 5.37. The molecule has 1 aromatic carbocycles. The molecule has 0 atom stereocenters. The van der Waals surface area contributed by atoms with E-state index in [0.717, 1.165) is 25.3 Å². The second kappa shape index (κ2) is 8.11. The lowest BCUT2D eigenvalue weighted by Crippen LogP contribution is -2.48. The van der Waals surface area contributed by atoms with Crippen molar-refractivity contribution in [1.82, 2.24) is 19.8 Å². The number of para-hydroxylation sites is 1. The number of carbonyl (C=O) groups is 1. The van der Waals surface area contributed by atoms with Crippen LogP contribution in [0, 0.1) is 0 Å². The van der Waals surface area contributed by atoms with Gasteiger partial charge >= 0.3 is 0 Å². The zero-order chi connectivity index (χ0) is 21.3. The van der Waals surface area contributed by atoms with Crippen LogP contribution >= 0.6 is 0 Å². The average molecular weight is 407 g/mol. The molecule has 0 spiro atoms. The van der Waals surface area contributed by atoms with E-state index in [1.165, 1.54) is 16.6 Å². The number of carbonyl (C=O) groups excluding carboxylic acids is 1. The topological polar surface area (TPSA) is 61.5 Å². The molecule has 1 aliphatic rings. The molecule has 0 aliphatic carbocycles. The lowest BCUT2D eigenvalue weighted by atomic mass is 9.88. The summed E-state index contributed by atoms with van der Waals surface area (Å²) in [6, 6.07) is 11.6. The zero-order valence-electron chi connectivity index (χ0n) is 18.2. The highest BCUT2D eigenvalue weighted by atomic mass is 16.5. The Morgan fingerprint density at radius 3 is 2.53 bits per heavy atom. The number of methoxy groups -OCH3 is 1. The highest BCUT2D eigenvalue weighted by Crippen LogP contribution is 2.31. The van der Waals surface area contributed by atoms with Crippen LogP contribution in [0.25, 0.3) is 11.0 Å². The Morgan fingerprint density at radius 2 is 1.83 bits per heavy atom. The Hall–Kier alpha value is -2.86. The first-order valence-corrected chi connectivity index (χ1v) is 10.5. The average Bonchev–Trinajstić information content (AvgIpc) is 3.13. The second-order valence-corrected chi connectivity index (χ2v) is 8.90. The molecule has 6 nitrogen and oxygen atoms in total. The van der Waals surface area contributed by atoms with Crippen molar-refractivity contribution in [2.24, 2.45) is 0 Å². The molecule has 30 heavy (non-hydrogen) atoms. The van der Waals surface area contributed by atoms with E-state index in [4.69, 9.17) is 4.74 Å². The number of benzene rings is 1. The Bertz CT molecular complexity index is 1040. The predicted molar refractivity (Wildman–Crippen MR) is 119 cm³/mol. The molecule has 158 valence electrons. The fraction of sp³-hybridized carbons (Fsp3) is 0.417. The molecule has 1 aliphatic heterocycles. The summed E-state index contributed by atoms with van der Waals surface area (Å²) in [7, 11) is 1.60. The summed E-state index contributed by atoms with van der Waals surface area (Å²) in [6.45, 7) is 10.6. The minimum atomic E-state index is 0.0116. The van der Waals surface area contributed by atoms with Gasteiger partial charge in [-0.05, 0) is 29.8 Å². The van der Waals surface area contributed by atoms with Crippen molar-refractivity contribution in [1.29, 1.82) is 0 Å². The number of amides is 1. The van der Waals surface area contributed by atoms with Gasteiger partial charge in [0, 0.05) is 55.4 Å². The lowest BCUT2D eigenvalue weighted by Gasteiger charge is -2.35. The van der Waals surface area contributed by atoms with Crippen molar-refractivity contribution >= 4 is 16.9 Å². The molecular weight excluding hydrogens is 376 g/mol. The molecule has 1 saturated heterocycles. The smallest absolute Gasteiger partial charge is 0.257 e. The number of aromatic nitrogens is 2. The first kappa shape index (κ1) is 20.4. The second-order valence-electron chi connectivity index (χ2n) is 8.90. The van der Waals surface area contributed by atoms with Crippen molar-refractivity contribution in [2.75, 3.05) is 33.3 Å². The molecule has 0 saturated carbocycles. The molecule has 3 aromatic rings. The maximum absolute atomic E-state index is 13.0. The number of hydrogen-bond acceptors (Lipinski definition) is 4. The summed E-state index contributed by atoms with van der Waals surface area (Å²) in [4.78, 5) is 25.4. The van der Waals surface area contributed by atoms with Crippen molar-refractivity contribution in [3.63, 3.8) is 0 Å². The van der Waals surface area contributed by atoms with Crippen LogP contribution in [0.1, 0.15) is 42.4 Å². The van der Waals surface area contributed by atoms with Crippen molar-refractivity contribution < 1.29 is 9.53 Å². The largest absolute Gasteiger partial charge is 0.496 e. The van der Waals surface area contributed by atoms with Crippen LogP contribution in [0.2, 0.25) is 0 Å². The lowest BCUT2D eigenvalue weighted by molar-refractivity contribution is 0.0625. The number of hydrogen-bond donors (Lipinski definition) is 1. The number of pyridine rings is 1. The maximum atomic E-state index is 13.0. The quantitative estimate of drug-likeness (QED) is 0.715. The van der Waals surface area contributed by atoms with Gasteiger partial charge in [-0.1, -0.05) is 32.9 Å². The molecular formula is C24H30N4O2. The first-order valence-electron chi connectivity index (χ1n) is 10.5. The van der Waals surface area contributed by atoms with Gasteiger partial charge in [0.25, 0.3) is 5.91 Å². The molecule has 6 heteroatoms. The van der Waals surface area contributed by atoms with E-state index in [1.54, 1.807) is 7.11 Å². The Balaban J connectivity index is 1.49. The number of ether oxygens (including phenoxy) is 1. The number of rotatable bonds is 4. The molecule has 2 aromatic heterocycles. The van der Waals surface area contributed by atoms with Crippen molar-refractivity contribution in [3.05, 3.63) is 59.4 Å². The number of aromatic amines is 1. The van der Waals surface area contributed by atoms with E-state index in [1.807, 2.05) is 41.4 Å². The highest BCUT2D eigenvalue weighted by Gasteiger charge is 2.27. The van der Waals surface area contributed by atoms with Gasteiger partial charge in [-0.15, -0.1) is 0 Å². The number of H-pyrrole nitrogens is 1. The van der Waals surface area contributed by atoms with Crippen LogP contribution in [-0.2, 0) is 12.0 Å². The van der Waals surface area contributed by atoms with Gasteiger partial charge in [0.05, 0.1) is 12.7 Å². The molecule has 1 N–H and O–H groups in total. The normalized spacial score (nSPS) is 15.5. The molecule has 0 bridgehead atoms. The number of piperazine rings is 1. The molecule has 3 heterocycles. The number of nitrogens with zero attached hydrogens (tertiary/aromatic N) is 3. The third-order valence-electron chi connectivity index (χ3n) is 5.81. The zero-order valence-corrected chi connectivity index (χ0v) is 18.2. The molecule has 1 amide bonds. The maximum Gasteiger partial charge on any atom is 0.257 e. The van der Waals surface area contributed by atoms with E-state index >= 15 is 0 Å². The van der Waals surface area contributed by atoms with Gasteiger partial charge in [-0.2, -0.15) is 0 Å². The monoisotopic (exact) mass is 406 g/mol. The molecule has 0 unspecified atom stereocenters. The van der Waals surface area contributed by atoms with Gasteiger partial charge in [0.15, 0.2) is 0 Å². The van der Waals surface area contributed by atoms with E-state index in [9.17, 15) is 4.79 Å². The van der Waals surface area contributed by atoms with Crippen molar-refractivity contribution in [2.45, 2.75) is 32.7 Å². The summed E-state index contributed by atoms with van der Waals surface area (Å²) in [5, 5.41) is 1.19. The SMILES string of the molecule is COc1ccccc1C(=O)N1CCN(Cc2c(C(C)(C)C)[nH]c3ncccc23)CC1. The van der Waals surface area contributed by atoms with Crippen LogP contribution in [0.3, 0.4) is 0 Å². The van der Waals surface area contributed by atoms with Gasteiger partial charge in [0.2, 0.25) is 0 Å².